The van der Waals surface area contributed by atoms with Crippen molar-refractivity contribution in [3.63, 3.8) is 0 Å². The van der Waals surface area contributed by atoms with Gasteiger partial charge in [-0.1, -0.05) is 6.07 Å². The van der Waals surface area contributed by atoms with Crippen molar-refractivity contribution in [3.05, 3.63) is 30.1 Å². The average Bonchev–Trinajstić information content (AvgIpc) is 2.39. The Kier molecular flexibility index (Phi) is 3.59. The fourth-order valence-corrected chi connectivity index (χ4v) is 3.96. The van der Waals surface area contributed by atoms with Crippen LogP contribution < -0.4 is 0 Å². The summed E-state index contributed by atoms with van der Waals surface area (Å²) < 4.78 is 5.39. The fourth-order valence-electron chi connectivity index (χ4n) is 3.96. The third-order valence-corrected chi connectivity index (χ3v) is 4.63. The topological polar surface area (TPSA) is 66.2 Å². The molecule has 1 aromatic rings. The van der Waals surface area contributed by atoms with Crippen LogP contribution in [0.5, 0.6) is 0 Å². The molecule has 1 saturated carbocycles. The summed E-state index contributed by atoms with van der Waals surface area (Å²) in [4.78, 5) is 17.9. The van der Waals surface area contributed by atoms with Crippen LogP contribution in [0.15, 0.2) is 24.5 Å². The van der Waals surface area contributed by atoms with Gasteiger partial charge in [0.05, 0.1) is 11.5 Å². The van der Waals surface area contributed by atoms with Gasteiger partial charge in [0.2, 0.25) is 0 Å². The van der Waals surface area contributed by atoms with E-state index in [0.29, 0.717) is 13.1 Å². The lowest BCUT2D eigenvalue weighted by molar-refractivity contribution is -0.118. The largest absolute Gasteiger partial charge is 0.444 e. The average molecular weight is 313 g/mol. The molecule has 0 bridgehead atoms. The Labute approximate surface area is 137 Å². The Bertz CT molecular complexity index is 628. The van der Waals surface area contributed by atoms with Crippen LogP contribution in [0.1, 0.15) is 39.2 Å². The normalized spacial score (nSPS) is 21.0. The molecular formula is C18H23N3O2. The Morgan fingerprint density at radius 2 is 2.13 bits per heavy atom. The van der Waals surface area contributed by atoms with Crippen molar-refractivity contribution in [3.8, 4) is 6.07 Å². The number of pyridine rings is 1. The lowest BCUT2D eigenvalue weighted by atomic mass is 9.49. The maximum atomic E-state index is 12.0. The number of aromatic nitrogens is 1. The van der Waals surface area contributed by atoms with Gasteiger partial charge in [-0.25, -0.2) is 4.79 Å². The number of nitrogens with zero attached hydrogens (tertiary/aromatic N) is 3. The van der Waals surface area contributed by atoms with Crippen molar-refractivity contribution >= 4 is 6.09 Å². The van der Waals surface area contributed by atoms with E-state index in [1.807, 2.05) is 39.1 Å². The summed E-state index contributed by atoms with van der Waals surface area (Å²) in [6.45, 7) is 7.03. The molecule has 122 valence electrons. The van der Waals surface area contributed by atoms with Crippen LogP contribution in [-0.4, -0.2) is 34.7 Å². The number of likely N-dealkylation sites (tertiary alicyclic amines) is 1. The van der Waals surface area contributed by atoms with Crippen LogP contribution in [0.3, 0.4) is 0 Å². The smallest absolute Gasteiger partial charge is 0.410 e. The first-order valence-electron chi connectivity index (χ1n) is 8.03. The molecule has 0 radical (unpaired) electrons. The van der Waals surface area contributed by atoms with Crippen molar-refractivity contribution in [2.75, 3.05) is 13.1 Å². The van der Waals surface area contributed by atoms with E-state index in [0.717, 1.165) is 24.8 Å². The van der Waals surface area contributed by atoms with E-state index in [1.165, 1.54) is 0 Å². The van der Waals surface area contributed by atoms with Gasteiger partial charge in [-0.3, -0.25) is 4.98 Å². The molecule has 3 rings (SSSR count). The molecule has 1 aliphatic carbocycles. The number of hydrogen-bond acceptors (Lipinski definition) is 4. The maximum absolute atomic E-state index is 12.0. The summed E-state index contributed by atoms with van der Waals surface area (Å²) in [5.74, 6) is 0. The first-order valence-corrected chi connectivity index (χ1v) is 8.03. The van der Waals surface area contributed by atoms with Gasteiger partial charge < -0.3 is 9.64 Å². The third-order valence-electron chi connectivity index (χ3n) is 4.63. The van der Waals surface area contributed by atoms with E-state index in [9.17, 15) is 10.1 Å². The molecule has 2 aliphatic rings. The van der Waals surface area contributed by atoms with E-state index in [-0.39, 0.29) is 16.9 Å². The zero-order chi connectivity index (χ0) is 16.7. The second-order valence-electron chi connectivity index (χ2n) is 8.12. The molecule has 23 heavy (non-hydrogen) atoms. The summed E-state index contributed by atoms with van der Waals surface area (Å²) in [6.07, 6.45) is 5.78. The minimum atomic E-state index is -0.462. The van der Waals surface area contributed by atoms with Gasteiger partial charge in [-0.05, 0) is 51.7 Å². The molecule has 2 fully saturated rings. The predicted octanol–water partition coefficient (Wildman–Crippen LogP) is 3.16. The molecule has 2 heterocycles. The van der Waals surface area contributed by atoms with Gasteiger partial charge in [0.1, 0.15) is 5.60 Å². The summed E-state index contributed by atoms with van der Waals surface area (Å²) in [7, 11) is 0. The standard InChI is InChI=1S/C18H23N3O2/c1-16(2,3)23-15(22)21-12-18(13-21)9-17(10-18,11-19)7-14-5-4-6-20-8-14/h4-6,8H,7,9-10,12-13H2,1-3H3. The molecule has 1 aliphatic heterocycles. The highest BCUT2D eigenvalue weighted by Gasteiger charge is 2.61. The van der Waals surface area contributed by atoms with Crippen LogP contribution in [0.25, 0.3) is 0 Å². The number of amides is 1. The number of ether oxygens (including phenoxy) is 1. The molecule has 1 spiro atoms. The van der Waals surface area contributed by atoms with Gasteiger partial charge >= 0.3 is 6.09 Å². The van der Waals surface area contributed by atoms with Gasteiger partial charge in [0, 0.05) is 30.9 Å². The number of nitriles is 1. The zero-order valence-electron chi connectivity index (χ0n) is 14.0. The summed E-state index contributed by atoms with van der Waals surface area (Å²) in [5, 5.41) is 9.60. The Morgan fingerprint density at radius 1 is 1.43 bits per heavy atom. The first-order chi connectivity index (χ1) is 10.7. The molecule has 0 N–H and O–H groups in total. The fraction of sp³-hybridized carbons (Fsp3) is 0.611. The highest BCUT2D eigenvalue weighted by molar-refractivity contribution is 5.69. The van der Waals surface area contributed by atoms with Gasteiger partial charge in [0.25, 0.3) is 0 Å². The Balaban J connectivity index is 1.55. The van der Waals surface area contributed by atoms with Crippen molar-refractivity contribution in [2.24, 2.45) is 10.8 Å². The van der Waals surface area contributed by atoms with Crippen LogP contribution in [0, 0.1) is 22.2 Å². The third kappa shape index (κ3) is 3.17. The minimum absolute atomic E-state index is 0.120. The van der Waals surface area contributed by atoms with Crippen molar-refractivity contribution in [2.45, 2.75) is 45.6 Å². The Morgan fingerprint density at radius 3 is 2.65 bits per heavy atom. The molecule has 1 amide bonds. The van der Waals surface area contributed by atoms with E-state index < -0.39 is 5.60 Å². The van der Waals surface area contributed by atoms with Gasteiger partial charge in [-0.15, -0.1) is 0 Å². The predicted molar refractivity (Wildman–Crippen MR) is 85.5 cm³/mol. The highest BCUT2D eigenvalue weighted by atomic mass is 16.6. The Hall–Kier alpha value is -2.09. The molecule has 5 heteroatoms. The van der Waals surface area contributed by atoms with Crippen molar-refractivity contribution < 1.29 is 9.53 Å². The number of carbonyl (C=O) groups is 1. The van der Waals surface area contributed by atoms with E-state index in [2.05, 4.69) is 11.1 Å². The number of carbonyl (C=O) groups excluding carboxylic acids is 1. The molecule has 0 unspecified atom stereocenters. The molecule has 5 nitrogen and oxygen atoms in total. The first kappa shape index (κ1) is 15.8. The summed E-state index contributed by atoms with van der Waals surface area (Å²) in [6, 6.07) is 6.43. The van der Waals surface area contributed by atoms with E-state index in [4.69, 9.17) is 4.74 Å². The number of hydrogen-bond donors (Lipinski definition) is 0. The van der Waals surface area contributed by atoms with Crippen LogP contribution >= 0.6 is 0 Å². The molecule has 0 atom stereocenters. The minimum Gasteiger partial charge on any atom is -0.444 e. The van der Waals surface area contributed by atoms with Crippen molar-refractivity contribution in [1.82, 2.24) is 9.88 Å². The quantitative estimate of drug-likeness (QED) is 0.841. The molecule has 1 aromatic heterocycles. The van der Waals surface area contributed by atoms with Crippen molar-refractivity contribution in [1.29, 1.82) is 5.26 Å². The van der Waals surface area contributed by atoms with Gasteiger partial charge in [-0.2, -0.15) is 5.26 Å². The monoisotopic (exact) mass is 313 g/mol. The second kappa shape index (κ2) is 5.23. The van der Waals surface area contributed by atoms with Crippen LogP contribution in [0.4, 0.5) is 4.79 Å². The summed E-state index contributed by atoms with van der Waals surface area (Å²) in [5.41, 5.74) is 0.459. The van der Waals surface area contributed by atoms with Gasteiger partial charge in [0.15, 0.2) is 0 Å². The lowest BCUT2D eigenvalue weighted by Crippen LogP contribution is -2.67. The zero-order valence-corrected chi connectivity index (χ0v) is 14.0. The lowest BCUT2D eigenvalue weighted by Gasteiger charge is -2.61. The SMILES string of the molecule is CC(C)(C)OC(=O)N1CC2(C1)CC(C#N)(Cc1cccnc1)C2. The molecule has 1 saturated heterocycles. The highest BCUT2D eigenvalue weighted by Crippen LogP contribution is 2.60. The van der Waals surface area contributed by atoms with Crippen LogP contribution in [-0.2, 0) is 11.2 Å². The van der Waals surface area contributed by atoms with Crippen LogP contribution in [0.2, 0.25) is 0 Å². The molecule has 0 aromatic carbocycles. The second-order valence-corrected chi connectivity index (χ2v) is 8.12. The van der Waals surface area contributed by atoms with E-state index >= 15 is 0 Å². The maximum Gasteiger partial charge on any atom is 0.410 e. The van der Waals surface area contributed by atoms with E-state index in [1.54, 1.807) is 11.1 Å². The number of rotatable bonds is 2. The molecular weight excluding hydrogens is 290 g/mol. The summed E-state index contributed by atoms with van der Waals surface area (Å²) >= 11 is 0.